The van der Waals surface area contributed by atoms with Gasteiger partial charge in [-0.3, -0.25) is 10.00 Å². The molecule has 2 unspecified atom stereocenters. The van der Waals surface area contributed by atoms with Crippen LogP contribution in [0.25, 0.3) is 0 Å². The molecule has 0 spiro atoms. The van der Waals surface area contributed by atoms with Crippen molar-refractivity contribution < 1.29 is 9.90 Å². The van der Waals surface area contributed by atoms with Crippen LogP contribution in [0.5, 0.6) is 0 Å². The Bertz CT molecular complexity index is 709. The van der Waals surface area contributed by atoms with Crippen molar-refractivity contribution in [2.24, 2.45) is 7.05 Å². The Kier molecular flexibility index (Phi) is 5.38. The molecule has 1 aliphatic carbocycles. The number of rotatable bonds is 6. The molecule has 2 aromatic rings. The van der Waals surface area contributed by atoms with Crippen LogP contribution in [0, 0.1) is 0 Å². The minimum absolute atomic E-state index is 0.158. The van der Waals surface area contributed by atoms with Gasteiger partial charge < -0.3 is 10.4 Å². The quantitative estimate of drug-likeness (QED) is 0.753. The summed E-state index contributed by atoms with van der Waals surface area (Å²) in [6, 6.07) is 11.0. The summed E-state index contributed by atoms with van der Waals surface area (Å²) in [7, 11) is 1.83. The molecule has 2 atom stereocenters. The average Bonchev–Trinajstić information content (AvgIpc) is 2.86. The first-order valence-corrected chi connectivity index (χ1v) is 8.87. The van der Waals surface area contributed by atoms with E-state index in [-0.39, 0.29) is 12.1 Å². The predicted octanol–water partition coefficient (Wildman–Crippen LogP) is 3.32. The van der Waals surface area contributed by atoms with Crippen molar-refractivity contribution in [1.29, 1.82) is 0 Å². The van der Waals surface area contributed by atoms with Gasteiger partial charge in [0.05, 0.1) is 11.8 Å². The molecule has 3 rings (SSSR count). The van der Waals surface area contributed by atoms with Crippen LogP contribution in [0.1, 0.15) is 55.9 Å². The van der Waals surface area contributed by atoms with Gasteiger partial charge in [-0.15, -0.1) is 0 Å². The largest absolute Gasteiger partial charge is 0.388 e. The molecular weight excluding hydrogens is 316 g/mol. The zero-order chi connectivity index (χ0) is 17.8. The number of aliphatic hydroxyl groups is 1. The first-order chi connectivity index (χ1) is 12.0. The van der Waals surface area contributed by atoms with Crippen LogP contribution in [0.15, 0.2) is 36.4 Å². The van der Waals surface area contributed by atoms with E-state index in [9.17, 15) is 9.90 Å². The molecule has 6 nitrogen and oxygen atoms in total. The maximum atomic E-state index is 12.2. The van der Waals surface area contributed by atoms with Gasteiger partial charge in [-0.2, -0.15) is 5.10 Å². The zero-order valence-electron chi connectivity index (χ0n) is 14.8. The number of amides is 2. The van der Waals surface area contributed by atoms with E-state index in [4.69, 9.17) is 0 Å². The number of nitrogens with one attached hydrogen (secondary N) is 2. The Morgan fingerprint density at radius 2 is 2.08 bits per heavy atom. The summed E-state index contributed by atoms with van der Waals surface area (Å²) in [6.07, 6.45) is 3.47. The number of hydrogen-bond acceptors (Lipinski definition) is 3. The van der Waals surface area contributed by atoms with Crippen LogP contribution in [0.4, 0.5) is 10.6 Å². The fourth-order valence-corrected chi connectivity index (χ4v) is 3.09. The van der Waals surface area contributed by atoms with Crippen molar-refractivity contribution in [2.45, 2.75) is 50.7 Å². The minimum atomic E-state index is -0.599. The lowest BCUT2D eigenvalue weighted by molar-refractivity contribution is 0.155. The average molecular weight is 342 g/mol. The normalized spacial score (nSPS) is 16.8. The van der Waals surface area contributed by atoms with E-state index < -0.39 is 6.10 Å². The summed E-state index contributed by atoms with van der Waals surface area (Å²) in [5.74, 6) is 1.22. The monoisotopic (exact) mass is 342 g/mol. The van der Waals surface area contributed by atoms with Gasteiger partial charge in [0.15, 0.2) is 0 Å². The molecule has 1 heterocycles. The molecule has 1 aromatic carbocycles. The van der Waals surface area contributed by atoms with Gasteiger partial charge in [-0.1, -0.05) is 36.8 Å². The molecule has 3 N–H and O–H groups in total. The maximum absolute atomic E-state index is 12.2. The molecule has 1 aliphatic rings. The summed E-state index contributed by atoms with van der Waals surface area (Å²) in [6.45, 7) is 1.88. The van der Waals surface area contributed by atoms with Crippen LogP contribution in [-0.2, 0) is 7.05 Å². The number of benzene rings is 1. The van der Waals surface area contributed by atoms with Crippen molar-refractivity contribution in [3.63, 3.8) is 0 Å². The van der Waals surface area contributed by atoms with Crippen molar-refractivity contribution in [3.8, 4) is 0 Å². The lowest BCUT2D eigenvalue weighted by Gasteiger charge is -2.22. The van der Waals surface area contributed by atoms with E-state index in [1.54, 1.807) is 4.68 Å². The predicted molar refractivity (Wildman–Crippen MR) is 97.4 cm³/mol. The zero-order valence-corrected chi connectivity index (χ0v) is 14.8. The van der Waals surface area contributed by atoms with Gasteiger partial charge in [0.25, 0.3) is 0 Å². The van der Waals surface area contributed by atoms with Crippen molar-refractivity contribution in [2.75, 3.05) is 5.32 Å². The summed E-state index contributed by atoms with van der Waals surface area (Å²) < 4.78 is 1.71. The first kappa shape index (κ1) is 17.5. The molecule has 1 saturated carbocycles. The second kappa shape index (κ2) is 7.70. The third-order valence-electron chi connectivity index (χ3n) is 4.80. The Labute approximate surface area is 148 Å². The number of aromatic nitrogens is 2. The van der Waals surface area contributed by atoms with Gasteiger partial charge in [0.1, 0.15) is 5.82 Å². The topological polar surface area (TPSA) is 79.2 Å². The Morgan fingerprint density at radius 1 is 1.36 bits per heavy atom. The minimum Gasteiger partial charge on any atom is -0.388 e. The van der Waals surface area contributed by atoms with Gasteiger partial charge >= 0.3 is 6.03 Å². The number of anilines is 1. The number of aliphatic hydroxyl groups excluding tert-OH is 1. The van der Waals surface area contributed by atoms with Crippen LogP contribution in [-0.4, -0.2) is 27.0 Å². The highest BCUT2D eigenvalue weighted by Crippen LogP contribution is 2.36. The maximum Gasteiger partial charge on any atom is 0.320 e. The molecule has 0 aliphatic heterocycles. The summed E-state index contributed by atoms with van der Waals surface area (Å²) in [5.41, 5.74) is 1.91. The summed E-state index contributed by atoms with van der Waals surface area (Å²) in [5, 5.41) is 20.5. The van der Waals surface area contributed by atoms with E-state index >= 15 is 0 Å². The van der Waals surface area contributed by atoms with Crippen LogP contribution in [0.2, 0.25) is 0 Å². The van der Waals surface area contributed by atoms with Gasteiger partial charge in [-0.25, -0.2) is 4.79 Å². The van der Waals surface area contributed by atoms with E-state index in [0.29, 0.717) is 18.2 Å². The molecule has 25 heavy (non-hydrogen) atoms. The van der Waals surface area contributed by atoms with Crippen molar-refractivity contribution in [3.05, 3.63) is 47.7 Å². The first-order valence-electron chi connectivity index (χ1n) is 8.87. The standard InChI is InChI=1S/C19H26N4O2/c1-13(11-17(24)15-7-4-3-5-8-15)20-19(25)21-18-12-16(22-23(18)2)14-9-6-10-14/h3-5,7-8,12-14,17,24H,6,9-11H2,1-2H3,(H2,20,21,25). The van der Waals surface area contributed by atoms with Crippen LogP contribution in [0.3, 0.4) is 0 Å². The van der Waals surface area contributed by atoms with E-state index in [1.165, 1.54) is 19.3 Å². The molecule has 134 valence electrons. The molecule has 0 radical (unpaired) electrons. The van der Waals surface area contributed by atoms with Crippen LogP contribution < -0.4 is 10.6 Å². The van der Waals surface area contributed by atoms with Gasteiger partial charge in [0.2, 0.25) is 0 Å². The summed E-state index contributed by atoms with van der Waals surface area (Å²) in [4.78, 5) is 12.2. The molecule has 0 bridgehead atoms. The fourth-order valence-electron chi connectivity index (χ4n) is 3.09. The van der Waals surface area contributed by atoms with Crippen molar-refractivity contribution >= 4 is 11.8 Å². The Hall–Kier alpha value is -2.34. The van der Waals surface area contributed by atoms with E-state index in [2.05, 4.69) is 15.7 Å². The van der Waals surface area contributed by atoms with E-state index in [0.717, 1.165) is 11.3 Å². The number of nitrogens with zero attached hydrogens (tertiary/aromatic N) is 2. The van der Waals surface area contributed by atoms with Crippen molar-refractivity contribution in [1.82, 2.24) is 15.1 Å². The Morgan fingerprint density at radius 3 is 2.72 bits per heavy atom. The van der Waals surface area contributed by atoms with Gasteiger partial charge in [-0.05, 0) is 31.7 Å². The Balaban J connectivity index is 1.51. The smallest absolute Gasteiger partial charge is 0.320 e. The number of hydrogen-bond donors (Lipinski definition) is 3. The second-order valence-electron chi connectivity index (χ2n) is 6.87. The van der Waals surface area contributed by atoms with Gasteiger partial charge in [0, 0.05) is 25.1 Å². The number of aryl methyl sites for hydroxylation is 1. The SMILES string of the molecule is CC(CC(O)c1ccccc1)NC(=O)Nc1cc(C2CCC2)nn1C. The molecule has 1 fully saturated rings. The number of carbonyl (C=O) groups is 1. The highest BCUT2D eigenvalue weighted by Gasteiger charge is 2.23. The number of urea groups is 1. The third kappa shape index (κ3) is 4.39. The van der Waals surface area contributed by atoms with E-state index in [1.807, 2.05) is 50.4 Å². The molecule has 1 aromatic heterocycles. The molecule has 0 saturated heterocycles. The van der Waals surface area contributed by atoms with Crippen LogP contribution >= 0.6 is 0 Å². The fraction of sp³-hybridized carbons (Fsp3) is 0.474. The molecule has 2 amide bonds. The lowest BCUT2D eigenvalue weighted by Crippen LogP contribution is -2.37. The highest BCUT2D eigenvalue weighted by molar-refractivity contribution is 5.88. The second-order valence-corrected chi connectivity index (χ2v) is 6.87. The summed E-state index contributed by atoms with van der Waals surface area (Å²) >= 11 is 0. The number of carbonyl (C=O) groups excluding carboxylic acids is 1. The lowest BCUT2D eigenvalue weighted by atomic mass is 9.83. The highest BCUT2D eigenvalue weighted by atomic mass is 16.3. The molecular formula is C19H26N4O2. The molecule has 6 heteroatoms. The third-order valence-corrected chi connectivity index (χ3v) is 4.80.